The van der Waals surface area contributed by atoms with Crippen molar-refractivity contribution in [3.63, 3.8) is 0 Å². The van der Waals surface area contributed by atoms with Gasteiger partial charge in [-0.1, -0.05) is 15.9 Å². The summed E-state index contributed by atoms with van der Waals surface area (Å²) >= 11 is 3.34. The molecule has 1 N–H and O–H groups in total. The molecule has 1 amide bonds. The van der Waals surface area contributed by atoms with E-state index in [9.17, 15) is 4.79 Å². The molecule has 0 aliphatic heterocycles. The highest BCUT2D eigenvalue weighted by Crippen LogP contribution is 2.28. The first kappa shape index (κ1) is 17.1. The van der Waals surface area contributed by atoms with Gasteiger partial charge in [0, 0.05) is 10.0 Å². The number of hydroxylamine groups is 1. The van der Waals surface area contributed by atoms with E-state index in [1.54, 1.807) is 30.3 Å². The van der Waals surface area contributed by atoms with Crippen molar-refractivity contribution in [2.75, 3.05) is 13.2 Å². The highest BCUT2D eigenvalue weighted by molar-refractivity contribution is 9.10. The number of carbonyl (C=O) groups is 1. The fraction of sp³-hybridized carbons (Fsp3) is 0.235. The molecule has 23 heavy (non-hydrogen) atoms. The van der Waals surface area contributed by atoms with E-state index in [0.29, 0.717) is 36.0 Å². The summed E-state index contributed by atoms with van der Waals surface area (Å²) in [5.41, 5.74) is 2.83. The van der Waals surface area contributed by atoms with Gasteiger partial charge in [0.2, 0.25) is 0 Å². The molecule has 0 bridgehead atoms. The molecular formula is C17H18BrNO4. The van der Waals surface area contributed by atoms with Crippen molar-refractivity contribution in [2.24, 2.45) is 0 Å². The molecule has 0 unspecified atom stereocenters. The Hall–Kier alpha value is -2.21. The topological polar surface area (TPSA) is 56.8 Å². The number of nitrogens with one attached hydrogen (secondary N) is 1. The molecule has 6 heteroatoms. The fourth-order valence-electron chi connectivity index (χ4n) is 1.86. The van der Waals surface area contributed by atoms with Crippen molar-refractivity contribution in [3.8, 4) is 17.2 Å². The van der Waals surface area contributed by atoms with Gasteiger partial charge >= 0.3 is 0 Å². The highest BCUT2D eigenvalue weighted by atomic mass is 79.9. The fourth-order valence-corrected chi connectivity index (χ4v) is 2.12. The number of hydrogen-bond donors (Lipinski definition) is 1. The second-order valence-corrected chi connectivity index (χ2v) is 5.43. The Balaban J connectivity index is 2.06. The van der Waals surface area contributed by atoms with Crippen molar-refractivity contribution < 1.29 is 19.1 Å². The van der Waals surface area contributed by atoms with E-state index in [4.69, 9.17) is 14.3 Å². The average Bonchev–Trinajstić information content (AvgIpc) is 2.56. The van der Waals surface area contributed by atoms with Crippen molar-refractivity contribution in [2.45, 2.75) is 13.8 Å². The summed E-state index contributed by atoms with van der Waals surface area (Å²) in [5.74, 6) is 1.32. The number of amides is 1. The number of carbonyl (C=O) groups excluding carboxylic acids is 1. The normalized spacial score (nSPS) is 10.0. The maximum absolute atomic E-state index is 12.2. The summed E-state index contributed by atoms with van der Waals surface area (Å²) in [7, 11) is 0. The quantitative estimate of drug-likeness (QED) is 0.739. The van der Waals surface area contributed by atoms with Crippen LogP contribution in [0.3, 0.4) is 0 Å². The summed E-state index contributed by atoms with van der Waals surface area (Å²) in [5, 5.41) is 0. The molecule has 0 aromatic heterocycles. The summed E-state index contributed by atoms with van der Waals surface area (Å²) < 4.78 is 11.9. The Morgan fingerprint density at radius 3 is 2.30 bits per heavy atom. The van der Waals surface area contributed by atoms with Crippen LogP contribution in [0.25, 0.3) is 0 Å². The van der Waals surface area contributed by atoms with Gasteiger partial charge in [0.15, 0.2) is 17.2 Å². The first-order valence-electron chi connectivity index (χ1n) is 7.26. The smallest absolute Gasteiger partial charge is 0.284 e. The van der Waals surface area contributed by atoms with E-state index in [-0.39, 0.29) is 5.91 Å². The van der Waals surface area contributed by atoms with E-state index < -0.39 is 0 Å². The van der Waals surface area contributed by atoms with E-state index in [0.717, 1.165) is 4.47 Å². The third-order valence-electron chi connectivity index (χ3n) is 2.88. The van der Waals surface area contributed by atoms with Crippen LogP contribution in [0.5, 0.6) is 17.2 Å². The number of hydrogen-bond acceptors (Lipinski definition) is 4. The van der Waals surface area contributed by atoms with Crippen LogP contribution < -0.4 is 19.8 Å². The summed E-state index contributed by atoms with van der Waals surface area (Å²) in [6, 6.07) is 12.1. The minimum absolute atomic E-state index is 0.364. The lowest BCUT2D eigenvalue weighted by Gasteiger charge is -2.12. The van der Waals surface area contributed by atoms with Gasteiger partial charge in [-0.05, 0) is 56.3 Å². The zero-order chi connectivity index (χ0) is 16.7. The van der Waals surface area contributed by atoms with Crippen molar-refractivity contribution in [1.29, 1.82) is 0 Å². The molecule has 0 saturated carbocycles. The Morgan fingerprint density at radius 2 is 1.65 bits per heavy atom. The van der Waals surface area contributed by atoms with Crippen LogP contribution in [-0.4, -0.2) is 19.1 Å². The lowest BCUT2D eigenvalue weighted by atomic mass is 10.2. The Kier molecular flexibility index (Phi) is 6.29. The van der Waals surface area contributed by atoms with Gasteiger partial charge in [-0.3, -0.25) is 4.79 Å². The number of rotatable bonds is 7. The monoisotopic (exact) mass is 379 g/mol. The molecule has 0 aliphatic carbocycles. The van der Waals surface area contributed by atoms with Gasteiger partial charge < -0.3 is 14.3 Å². The van der Waals surface area contributed by atoms with Crippen LogP contribution in [0.1, 0.15) is 24.2 Å². The van der Waals surface area contributed by atoms with E-state index in [1.807, 2.05) is 26.0 Å². The van der Waals surface area contributed by atoms with Crippen molar-refractivity contribution >= 4 is 21.8 Å². The molecule has 0 aliphatic rings. The maximum atomic E-state index is 12.2. The van der Waals surface area contributed by atoms with Crippen LogP contribution in [0.4, 0.5) is 0 Å². The molecule has 0 heterocycles. The molecule has 0 fully saturated rings. The van der Waals surface area contributed by atoms with Gasteiger partial charge in [0.1, 0.15) is 0 Å². The number of ether oxygens (including phenoxy) is 2. The minimum atomic E-state index is -0.364. The Bertz CT molecular complexity index is 658. The molecule has 5 nitrogen and oxygen atoms in total. The van der Waals surface area contributed by atoms with Crippen LogP contribution in [0.2, 0.25) is 0 Å². The zero-order valence-electron chi connectivity index (χ0n) is 13.0. The van der Waals surface area contributed by atoms with Gasteiger partial charge in [-0.2, -0.15) is 5.48 Å². The molecule has 2 aromatic carbocycles. The predicted molar refractivity (Wildman–Crippen MR) is 91.0 cm³/mol. The summed E-state index contributed by atoms with van der Waals surface area (Å²) in [4.78, 5) is 17.4. The highest BCUT2D eigenvalue weighted by Gasteiger charge is 2.12. The molecule has 0 radical (unpaired) electrons. The zero-order valence-corrected chi connectivity index (χ0v) is 14.6. The lowest BCUT2D eigenvalue weighted by Crippen LogP contribution is -2.26. The van der Waals surface area contributed by atoms with Crippen molar-refractivity contribution in [3.05, 3.63) is 52.5 Å². The molecular weight excluding hydrogens is 362 g/mol. The number of benzene rings is 2. The van der Waals surface area contributed by atoms with Crippen molar-refractivity contribution in [1.82, 2.24) is 5.48 Å². The SMILES string of the molecule is CCOc1ccc(C(=O)NOc2ccc(Br)cc2)cc1OCC. The third-order valence-corrected chi connectivity index (χ3v) is 3.41. The molecule has 0 saturated heterocycles. The minimum Gasteiger partial charge on any atom is -0.490 e. The molecule has 0 spiro atoms. The average molecular weight is 380 g/mol. The van der Waals surface area contributed by atoms with Crippen LogP contribution in [0, 0.1) is 0 Å². The van der Waals surface area contributed by atoms with Crippen LogP contribution >= 0.6 is 15.9 Å². The number of halogens is 1. The largest absolute Gasteiger partial charge is 0.490 e. The van der Waals surface area contributed by atoms with E-state index >= 15 is 0 Å². The molecule has 122 valence electrons. The van der Waals surface area contributed by atoms with Gasteiger partial charge in [0.25, 0.3) is 5.91 Å². The van der Waals surface area contributed by atoms with Gasteiger partial charge in [-0.25, -0.2) is 0 Å². The molecule has 0 atom stereocenters. The first-order valence-corrected chi connectivity index (χ1v) is 8.05. The van der Waals surface area contributed by atoms with E-state index in [2.05, 4.69) is 21.4 Å². The second-order valence-electron chi connectivity index (χ2n) is 4.51. The summed E-state index contributed by atoms with van der Waals surface area (Å²) in [6.45, 7) is 4.78. The first-order chi connectivity index (χ1) is 11.1. The second kappa shape index (κ2) is 8.43. The lowest BCUT2D eigenvalue weighted by molar-refractivity contribution is 0.0759. The third kappa shape index (κ3) is 4.89. The molecule has 2 rings (SSSR count). The Morgan fingerprint density at radius 1 is 1.00 bits per heavy atom. The van der Waals surface area contributed by atoms with Gasteiger partial charge in [-0.15, -0.1) is 0 Å². The molecule has 2 aromatic rings. The Labute approximate surface area is 143 Å². The van der Waals surface area contributed by atoms with Crippen LogP contribution in [0.15, 0.2) is 46.9 Å². The maximum Gasteiger partial charge on any atom is 0.284 e. The standard InChI is InChI=1S/C17H18BrNO4/c1-3-21-15-10-5-12(11-16(15)22-4-2)17(20)19-23-14-8-6-13(18)7-9-14/h5-11H,3-4H2,1-2H3,(H,19,20). The van der Waals surface area contributed by atoms with Crippen LogP contribution in [-0.2, 0) is 0 Å². The predicted octanol–water partition coefficient (Wildman–Crippen LogP) is 3.97. The van der Waals surface area contributed by atoms with Gasteiger partial charge in [0.05, 0.1) is 13.2 Å². The van der Waals surface area contributed by atoms with E-state index in [1.165, 1.54) is 0 Å². The summed E-state index contributed by atoms with van der Waals surface area (Å²) in [6.07, 6.45) is 0.